The van der Waals surface area contributed by atoms with Crippen molar-refractivity contribution < 1.29 is 22.1 Å². The normalized spacial score (nSPS) is 12.1. The number of pyridine rings is 1. The number of hydrogen-bond acceptors (Lipinski definition) is 9. The Balaban J connectivity index is 1.26. The van der Waals surface area contributed by atoms with Gasteiger partial charge in [-0.2, -0.15) is 13.5 Å². The molecule has 0 unspecified atom stereocenters. The molecule has 5 aromatic rings. The summed E-state index contributed by atoms with van der Waals surface area (Å²) in [6, 6.07) is 12.8. The maximum absolute atomic E-state index is 12.6. The number of fused-ring (bicyclic) bond motifs is 2. The minimum absolute atomic E-state index is 0.252. The number of hydrogen-bond donors (Lipinski definition) is 2. The fraction of sp³-hybridized carbons (Fsp3) is 0.259. The second kappa shape index (κ2) is 11.4. The molecule has 2 N–H and O–H groups in total. The summed E-state index contributed by atoms with van der Waals surface area (Å²) in [7, 11) is -3.65. The summed E-state index contributed by atoms with van der Waals surface area (Å²) in [4.78, 5) is 21.4. The second-order valence-electron chi connectivity index (χ2n) is 10.0. The van der Waals surface area contributed by atoms with Crippen LogP contribution in [0.3, 0.4) is 0 Å². The minimum atomic E-state index is -3.65. The average molecular weight is 598 g/mol. The van der Waals surface area contributed by atoms with Gasteiger partial charge in [0.1, 0.15) is 23.3 Å². The third-order valence-electron chi connectivity index (χ3n) is 6.23. The van der Waals surface area contributed by atoms with Gasteiger partial charge in [0.05, 0.1) is 40.5 Å². The highest BCUT2D eigenvalue weighted by Gasteiger charge is 2.29. The summed E-state index contributed by atoms with van der Waals surface area (Å²) < 4.78 is 37.0. The van der Waals surface area contributed by atoms with Crippen LogP contribution < -0.4 is 15.4 Å². The van der Waals surface area contributed by atoms with Gasteiger partial charge in [0.2, 0.25) is 5.91 Å². The number of halogens is 1. The predicted molar refractivity (Wildman–Crippen MR) is 155 cm³/mol. The first-order valence-corrected chi connectivity index (χ1v) is 14.8. The molecule has 0 atom stereocenters. The van der Waals surface area contributed by atoms with Gasteiger partial charge in [-0.05, 0) is 56.3 Å². The van der Waals surface area contributed by atoms with Gasteiger partial charge in [-0.25, -0.2) is 14.5 Å². The Morgan fingerprint density at radius 3 is 2.73 bits per heavy atom. The molecule has 5 rings (SSSR count). The number of aromatic nitrogens is 5. The Bertz CT molecular complexity index is 1830. The van der Waals surface area contributed by atoms with Crippen LogP contribution in [-0.4, -0.2) is 57.9 Å². The number of anilines is 2. The zero-order valence-corrected chi connectivity index (χ0v) is 24.1. The molecule has 0 saturated heterocycles. The number of carbonyl (C=O) groups excluding carboxylic acids is 1. The Kier molecular flexibility index (Phi) is 7.84. The first-order chi connectivity index (χ1) is 19.5. The van der Waals surface area contributed by atoms with Crippen molar-refractivity contribution in [1.82, 2.24) is 29.5 Å². The van der Waals surface area contributed by atoms with Crippen molar-refractivity contribution in [3.8, 4) is 11.5 Å². The molecule has 4 aromatic heterocycles. The van der Waals surface area contributed by atoms with Crippen LogP contribution in [0, 0.1) is 5.41 Å². The standard InChI is InChI=1S/C27H28ClN7O5S/c1-27(2,16-39-41(3,37)38)26(36)29-11-13-34-12-9-22-24(34)25(31-17-30-22)33-18-4-7-23(21(28)14-18)40-20-6-5-19-8-10-32-35(19)15-20/h4-10,12,14-15,17H,11,13,16H2,1-3H3,(H,29,36)(H,30,31,33). The number of ether oxygens (including phenoxy) is 1. The quantitative estimate of drug-likeness (QED) is 0.212. The number of nitrogens with one attached hydrogen (secondary N) is 2. The Morgan fingerprint density at radius 2 is 1.95 bits per heavy atom. The Labute approximate surface area is 241 Å². The van der Waals surface area contributed by atoms with Crippen LogP contribution in [0.4, 0.5) is 11.5 Å². The van der Waals surface area contributed by atoms with Crippen LogP contribution in [0.2, 0.25) is 5.02 Å². The molecule has 0 bridgehead atoms. The van der Waals surface area contributed by atoms with E-state index < -0.39 is 15.5 Å². The van der Waals surface area contributed by atoms with Gasteiger partial charge < -0.3 is 19.9 Å². The van der Waals surface area contributed by atoms with E-state index in [2.05, 4.69) is 25.7 Å². The number of rotatable bonds is 11. The molecule has 0 aliphatic carbocycles. The zero-order chi connectivity index (χ0) is 29.2. The molecule has 12 nitrogen and oxygen atoms in total. The predicted octanol–water partition coefficient (Wildman–Crippen LogP) is 4.39. The van der Waals surface area contributed by atoms with E-state index in [9.17, 15) is 13.2 Å². The summed E-state index contributed by atoms with van der Waals surface area (Å²) in [6.45, 7) is 3.70. The molecule has 14 heteroatoms. The van der Waals surface area contributed by atoms with E-state index in [0.29, 0.717) is 41.1 Å². The van der Waals surface area contributed by atoms with Crippen molar-refractivity contribution >= 4 is 55.7 Å². The highest BCUT2D eigenvalue weighted by Crippen LogP contribution is 2.33. The molecule has 214 valence electrons. The van der Waals surface area contributed by atoms with Crippen LogP contribution in [0.1, 0.15) is 13.8 Å². The van der Waals surface area contributed by atoms with Crippen LogP contribution in [0.5, 0.6) is 11.5 Å². The van der Waals surface area contributed by atoms with Gasteiger partial charge in [0.25, 0.3) is 10.1 Å². The molecular formula is C27H28ClN7O5S. The Morgan fingerprint density at radius 1 is 1.12 bits per heavy atom. The molecule has 41 heavy (non-hydrogen) atoms. The van der Waals surface area contributed by atoms with Gasteiger partial charge in [-0.3, -0.25) is 8.98 Å². The van der Waals surface area contributed by atoms with Crippen molar-refractivity contribution in [2.75, 3.05) is 24.7 Å². The van der Waals surface area contributed by atoms with E-state index >= 15 is 0 Å². The maximum atomic E-state index is 12.6. The van der Waals surface area contributed by atoms with Crippen molar-refractivity contribution in [2.24, 2.45) is 5.41 Å². The van der Waals surface area contributed by atoms with Crippen molar-refractivity contribution in [1.29, 1.82) is 0 Å². The summed E-state index contributed by atoms with van der Waals surface area (Å²) in [5.74, 6) is 1.31. The summed E-state index contributed by atoms with van der Waals surface area (Å²) in [5, 5.41) is 10.8. The van der Waals surface area contributed by atoms with Crippen molar-refractivity contribution in [3.63, 3.8) is 0 Å². The topological polar surface area (TPSA) is 142 Å². The second-order valence-corrected chi connectivity index (χ2v) is 12.1. The Hall–Kier alpha value is -4.20. The molecule has 1 amide bonds. The zero-order valence-electron chi connectivity index (χ0n) is 22.5. The lowest BCUT2D eigenvalue weighted by Gasteiger charge is -2.22. The molecule has 4 heterocycles. The molecule has 0 fully saturated rings. The first-order valence-electron chi connectivity index (χ1n) is 12.6. The molecule has 1 aromatic carbocycles. The lowest BCUT2D eigenvalue weighted by atomic mass is 9.94. The fourth-order valence-electron chi connectivity index (χ4n) is 4.04. The van der Waals surface area contributed by atoms with Crippen LogP contribution in [0.15, 0.2) is 67.4 Å². The third kappa shape index (κ3) is 6.76. The third-order valence-corrected chi connectivity index (χ3v) is 7.07. The van der Waals surface area contributed by atoms with E-state index in [1.807, 2.05) is 41.1 Å². The number of nitrogens with zero attached hydrogens (tertiary/aromatic N) is 5. The monoisotopic (exact) mass is 597 g/mol. The summed E-state index contributed by atoms with van der Waals surface area (Å²) >= 11 is 6.55. The van der Waals surface area contributed by atoms with Crippen molar-refractivity contribution in [2.45, 2.75) is 20.4 Å². The van der Waals surface area contributed by atoms with E-state index in [1.165, 1.54) is 6.33 Å². The molecule has 0 aliphatic rings. The van der Waals surface area contributed by atoms with Gasteiger partial charge in [0.15, 0.2) is 5.82 Å². The van der Waals surface area contributed by atoms with Crippen LogP contribution >= 0.6 is 11.6 Å². The number of carbonyl (C=O) groups is 1. The van der Waals surface area contributed by atoms with Gasteiger partial charge >= 0.3 is 0 Å². The fourth-order valence-corrected chi connectivity index (χ4v) is 4.77. The highest BCUT2D eigenvalue weighted by atomic mass is 35.5. The van der Waals surface area contributed by atoms with Gasteiger partial charge in [0, 0.05) is 31.2 Å². The molecule has 0 aliphatic heterocycles. The molecule has 0 spiro atoms. The molecule has 0 radical (unpaired) electrons. The summed E-state index contributed by atoms with van der Waals surface area (Å²) in [6.07, 6.45) is 7.76. The van der Waals surface area contributed by atoms with E-state index in [-0.39, 0.29) is 12.5 Å². The maximum Gasteiger partial charge on any atom is 0.264 e. The summed E-state index contributed by atoms with van der Waals surface area (Å²) in [5.41, 5.74) is 2.08. The largest absolute Gasteiger partial charge is 0.454 e. The SMILES string of the molecule is CC(C)(COS(C)(=O)=O)C(=O)NCCn1ccc2ncnc(Nc3ccc(Oc4ccc5ccnn5c4)c(Cl)c3)c21. The number of amides is 1. The first kappa shape index (κ1) is 28.3. The minimum Gasteiger partial charge on any atom is -0.454 e. The molecular weight excluding hydrogens is 570 g/mol. The van der Waals surface area contributed by atoms with E-state index in [4.69, 9.17) is 20.5 Å². The van der Waals surface area contributed by atoms with Crippen LogP contribution in [-0.2, 0) is 25.6 Å². The van der Waals surface area contributed by atoms with Crippen LogP contribution in [0.25, 0.3) is 16.6 Å². The highest BCUT2D eigenvalue weighted by molar-refractivity contribution is 7.85. The van der Waals surface area contributed by atoms with E-state index in [1.54, 1.807) is 42.9 Å². The van der Waals surface area contributed by atoms with Gasteiger partial charge in [-0.1, -0.05) is 11.6 Å². The average Bonchev–Trinajstić information content (AvgIpc) is 3.56. The lowest BCUT2D eigenvalue weighted by molar-refractivity contribution is -0.130. The number of benzene rings is 1. The van der Waals surface area contributed by atoms with E-state index in [0.717, 1.165) is 22.8 Å². The van der Waals surface area contributed by atoms with Gasteiger partial charge in [-0.15, -0.1) is 0 Å². The smallest absolute Gasteiger partial charge is 0.264 e. The lowest BCUT2D eigenvalue weighted by Crippen LogP contribution is -2.41. The van der Waals surface area contributed by atoms with Crippen molar-refractivity contribution in [3.05, 3.63) is 72.4 Å². The molecule has 0 saturated carbocycles.